The molecule has 0 saturated heterocycles. The number of carbonyl (C=O) groups is 1. The Morgan fingerprint density at radius 3 is 2.75 bits per heavy atom. The van der Waals surface area contributed by atoms with Gasteiger partial charge in [0.1, 0.15) is 11.6 Å². The summed E-state index contributed by atoms with van der Waals surface area (Å²) < 4.78 is 33.3. The van der Waals surface area contributed by atoms with Crippen LogP contribution in [0.1, 0.15) is 29.9 Å². The van der Waals surface area contributed by atoms with Gasteiger partial charge in [-0.05, 0) is 38.0 Å². The molecule has 1 aromatic heterocycles. The van der Waals surface area contributed by atoms with E-state index in [2.05, 4.69) is 10.2 Å². The second-order valence-electron chi connectivity index (χ2n) is 6.90. The standard InChI is InChI=1S/C21H19F2N3O2/c1-13-4-6-14(7-5-13)21-25-24-19(28-21)8-9-20(27)26-10-2-3-16-17(23)11-15(22)12-18(16)26/h4-7,11-12H,2-3,8-10H2,1H3. The van der Waals surface area contributed by atoms with Gasteiger partial charge in [-0.1, -0.05) is 17.7 Å². The topological polar surface area (TPSA) is 59.2 Å². The van der Waals surface area contributed by atoms with Crippen molar-refractivity contribution in [3.63, 3.8) is 0 Å². The van der Waals surface area contributed by atoms with Crippen molar-refractivity contribution in [2.24, 2.45) is 0 Å². The van der Waals surface area contributed by atoms with Gasteiger partial charge in [-0.3, -0.25) is 4.79 Å². The highest BCUT2D eigenvalue weighted by molar-refractivity contribution is 5.94. The lowest BCUT2D eigenvalue weighted by Gasteiger charge is -2.29. The van der Waals surface area contributed by atoms with Crippen LogP contribution < -0.4 is 4.90 Å². The van der Waals surface area contributed by atoms with E-state index in [1.807, 2.05) is 31.2 Å². The van der Waals surface area contributed by atoms with Gasteiger partial charge in [0, 0.05) is 36.6 Å². The lowest BCUT2D eigenvalue weighted by molar-refractivity contribution is -0.118. The minimum atomic E-state index is -0.685. The smallest absolute Gasteiger partial charge is 0.247 e. The highest BCUT2D eigenvalue weighted by Gasteiger charge is 2.26. The van der Waals surface area contributed by atoms with Gasteiger partial charge < -0.3 is 9.32 Å². The zero-order valence-electron chi connectivity index (χ0n) is 15.4. The number of aryl methyl sites for hydroxylation is 2. The summed E-state index contributed by atoms with van der Waals surface area (Å²) in [6, 6.07) is 9.77. The van der Waals surface area contributed by atoms with E-state index in [1.165, 1.54) is 11.0 Å². The van der Waals surface area contributed by atoms with Crippen LogP contribution in [0.15, 0.2) is 40.8 Å². The minimum Gasteiger partial charge on any atom is -0.421 e. The van der Waals surface area contributed by atoms with E-state index in [-0.39, 0.29) is 18.7 Å². The predicted octanol–water partition coefficient (Wildman–Crippen LogP) is 4.24. The molecule has 1 aliphatic heterocycles. The molecule has 144 valence electrons. The van der Waals surface area contributed by atoms with Crippen LogP contribution in [-0.4, -0.2) is 22.6 Å². The van der Waals surface area contributed by atoms with E-state index in [1.54, 1.807) is 0 Å². The molecule has 7 heteroatoms. The maximum Gasteiger partial charge on any atom is 0.247 e. The second-order valence-corrected chi connectivity index (χ2v) is 6.90. The van der Waals surface area contributed by atoms with Crippen molar-refractivity contribution in [2.45, 2.75) is 32.6 Å². The summed E-state index contributed by atoms with van der Waals surface area (Å²) >= 11 is 0. The summed E-state index contributed by atoms with van der Waals surface area (Å²) in [4.78, 5) is 14.1. The van der Waals surface area contributed by atoms with Crippen molar-refractivity contribution in [1.82, 2.24) is 10.2 Å². The number of nitrogens with zero attached hydrogens (tertiary/aromatic N) is 3. The summed E-state index contributed by atoms with van der Waals surface area (Å²) in [6.07, 6.45) is 1.52. The Morgan fingerprint density at radius 2 is 1.96 bits per heavy atom. The van der Waals surface area contributed by atoms with Gasteiger partial charge in [0.05, 0.1) is 5.69 Å². The molecule has 0 fully saturated rings. The molecule has 2 aromatic carbocycles. The highest BCUT2D eigenvalue weighted by Crippen LogP contribution is 2.31. The molecule has 0 saturated carbocycles. The Labute approximate surface area is 161 Å². The molecule has 0 spiro atoms. The highest BCUT2D eigenvalue weighted by atomic mass is 19.1. The summed E-state index contributed by atoms with van der Waals surface area (Å²) in [5.41, 5.74) is 2.65. The maximum absolute atomic E-state index is 14.0. The summed E-state index contributed by atoms with van der Waals surface area (Å²) in [5.74, 6) is -0.759. The SMILES string of the molecule is Cc1ccc(-c2nnc(CCC(=O)N3CCCc4c(F)cc(F)cc43)o2)cc1. The average Bonchev–Trinajstić information content (AvgIpc) is 3.15. The molecule has 2 heterocycles. The number of hydrogen-bond acceptors (Lipinski definition) is 4. The molecular formula is C21H19F2N3O2. The van der Waals surface area contributed by atoms with Gasteiger partial charge in [0.15, 0.2) is 0 Å². The summed E-state index contributed by atoms with van der Waals surface area (Å²) in [5, 5.41) is 8.02. The fourth-order valence-corrected chi connectivity index (χ4v) is 3.39. The molecule has 4 rings (SSSR count). The number of carbonyl (C=O) groups excluding carboxylic acids is 1. The molecule has 0 bridgehead atoms. The Balaban J connectivity index is 1.45. The number of amides is 1. The van der Waals surface area contributed by atoms with E-state index in [0.29, 0.717) is 42.4 Å². The fourth-order valence-electron chi connectivity index (χ4n) is 3.39. The van der Waals surface area contributed by atoms with Gasteiger partial charge in [-0.2, -0.15) is 0 Å². The van der Waals surface area contributed by atoms with Crippen molar-refractivity contribution < 1.29 is 18.0 Å². The third-order valence-corrected chi connectivity index (χ3v) is 4.86. The van der Waals surface area contributed by atoms with Crippen LogP contribution in [0, 0.1) is 18.6 Å². The van der Waals surface area contributed by atoms with Crippen LogP contribution in [0.5, 0.6) is 0 Å². The first-order valence-corrected chi connectivity index (χ1v) is 9.19. The van der Waals surface area contributed by atoms with Crippen LogP contribution in [-0.2, 0) is 17.6 Å². The molecule has 1 amide bonds. The average molecular weight is 383 g/mol. The van der Waals surface area contributed by atoms with Crippen molar-refractivity contribution >= 4 is 11.6 Å². The number of aromatic nitrogens is 2. The first-order valence-electron chi connectivity index (χ1n) is 9.19. The van der Waals surface area contributed by atoms with Gasteiger partial charge >= 0.3 is 0 Å². The molecule has 28 heavy (non-hydrogen) atoms. The van der Waals surface area contributed by atoms with E-state index in [0.717, 1.165) is 17.2 Å². The molecular weight excluding hydrogens is 364 g/mol. The first-order chi connectivity index (χ1) is 13.5. The summed E-state index contributed by atoms with van der Waals surface area (Å²) in [7, 11) is 0. The van der Waals surface area contributed by atoms with E-state index < -0.39 is 11.6 Å². The van der Waals surface area contributed by atoms with Crippen LogP contribution in [0.3, 0.4) is 0 Å². The molecule has 0 unspecified atom stereocenters. The maximum atomic E-state index is 14.0. The lowest BCUT2D eigenvalue weighted by Crippen LogP contribution is -2.36. The first kappa shape index (κ1) is 18.3. The van der Waals surface area contributed by atoms with Crippen molar-refractivity contribution in [3.8, 4) is 11.5 Å². The van der Waals surface area contributed by atoms with Gasteiger partial charge in [0.2, 0.25) is 17.7 Å². The molecule has 5 nitrogen and oxygen atoms in total. The van der Waals surface area contributed by atoms with Crippen molar-refractivity contribution in [3.05, 3.63) is 65.1 Å². The normalized spacial score (nSPS) is 13.5. The molecule has 1 aliphatic rings. The Bertz CT molecular complexity index is 1010. The zero-order chi connectivity index (χ0) is 19.7. The minimum absolute atomic E-state index is 0.118. The van der Waals surface area contributed by atoms with Crippen LogP contribution in [0.2, 0.25) is 0 Å². The molecule has 0 N–H and O–H groups in total. The largest absolute Gasteiger partial charge is 0.421 e. The number of hydrogen-bond donors (Lipinski definition) is 0. The van der Waals surface area contributed by atoms with Crippen LogP contribution in [0.25, 0.3) is 11.5 Å². The van der Waals surface area contributed by atoms with Gasteiger partial charge in [-0.15, -0.1) is 10.2 Å². The third-order valence-electron chi connectivity index (χ3n) is 4.86. The Morgan fingerprint density at radius 1 is 1.18 bits per heavy atom. The molecule has 0 atom stereocenters. The van der Waals surface area contributed by atoms with Crippen molar-refractivity contribution in [2.75, 3.05) is 11.4 Å². The lowest BCUT2D eigenvalue weighted by atomic mass is 10.0. The summed E-state index contributed by atoms with van der Waals surface area (Å²) in [6.45, 7) is 2.43. The number of rotatable bonds is 4. The Hall–Kier alpha value is -3.09. The van der Waals surface area contributed by atoms with E-state index in [9.17, 15) is 13.6 Å². The van der Waals surface area contributed by atoms with Crippen LogP contribution in [0.4, 0.5) is 14.5 Å². The molecule has 0 aliphatic carbocycles. The second kappa shape index (κ2) is 7.50. The number of benzene rings is 2. The zero-order valence-corrected chi connectivity index (χ0v) is 15.4. The predicted molar refractivity (Wildman–Crippen MR) is 99.8 cm³/mol. The fraction of sp³-hybridized carbons (Fsp3) is 0.286. The number of anilines is 1. The Kier molecular flexibility index (Phi) is 4.90. The van der Waals surface area contributed by atoms with E-state index >= 15 is 0 Å². The van der Waals surface area contributed by atoms with Gasteiger partial charge in [0.25, 0.3) is 0 Å². The monoisotopic (exact) mass is 383 g/mol. The van der Waals surface area contributed by atoms with E-state index in [4.69, 9.17) is 4.42 Å². The van der Waals surface area contributed by atoms with Crippen LogP contribution >= 0.6 is 0 Å². The number of fused-ring (bicyclic) bond motifs is 1. The number of halogens is 2. The molecule has 3 aromatic rings. The molecule has 0 radical (unpaired) electrons. The van der Waals surface area contributed by atoms with Crippen molar-refractivity contribution in [1.29, 1.82) is 0 Å². The third kappa shape index (κ3) is 3.65. The quantitative estimate of drug-likeness (QED) is 0.676. The van der Waals surface area contributed by atoms with Gasteiger partial charge in [-0.25, -0.2) is 8.78 Å².